The van der Waals surface area contributed by atoms with Crippen molar-refractivity contribution in [3.05, 3.63) is 12.2 Å². The van der Waals surface area contributed by atoms with Crippen molar-refractivity contribution >= 4 is 15.7 Å². The molecule has 0 aromatic heterocycles. The van der Waals surface area contributed by atoms with Crippen LogP contribution >= 0.6 is 0 Å². The smallest absolute Gasteiger partial charge is 0.330 e. The number of hydrogen-bond donors (Lipinski definition) is 2. The minimum absolute atomic E-state index is 0.112. The molecule has 1 unspecified atom stereocenters. The highest BCUT2D eigenvalue weighted by atomic mass is 28.2. The molecule has 0 rings (SSSR count). The second kappa shape index (κ2) is 14.2. The highest BCUT2D eigenvalue weighted by molar-refractivity contribution is 6.27. The third-order valence-electron chi connectivity index (χ3n) is 2.37. The number of carbonyl (C=O) groups excluding carboxylic acids is 1. The molecule has 0 aromatic rings. The van der Waals surface area contributed by atoms with E-state index < -0.39 is 16.2 Å². The van der Waals surface area contributed by atoms with E-state index in [1.54, 1.807) is 13.0 Å². The fourth-order valence-electron chi connectivity index (χ4n) is 1.30. The lowest BCUT2D eigenvalue weighted by atomic mass is 10.2. The van der Waals surface area contributed by atoms with Crippen LogP contribution in [0.4, 0.5) is 0 Å². The molecule has 0 saturated heterocycles. The number of aliphatic hydroxyl groups is 2. The highest BCUT2D eigenvalue weighted by Gasteiger charge is 2.11. The van der Waals surface area contributed by atoms with Gasteiger partial charge in [0.1, 0.15) is 0 Å². The van der Waals surface area contributed by atoms with E-state index in [9.17, 15) is 4.79 Å². The summed E-state index contributed by atoms with van der Waals surface area (Å²) in [5.41, 5.74) is 0. The van der Waals surface area contributed by atoms with Crippen LogP contribution in [0.15, 0.2) is 12.2 Å². The molecule has 7 nitrogen and oxygen atoms in total. The van der Waals surface area contributed by atoms with E-state index in [-0.39, 0.29) is 38.3 Å². The van der Waals surface area contributed by atoms with E-state index in [4.69, 9.17) is 28.8 Å². The second-order valence-electron chi connectivity index (χ2n) is 4.37. The topological polar surface area (TPSA) is 94.5 Å². The SMILES string of the molecule is CC=CC(=O)OCC(C)C[SiH2]OC(OCCO)OCCO. The van der Waals surface area contributed by atoms with Crippen LogP contribution in [-0.2, 0) is 23.4 Å². The number of allylic oxidation sites excluding steroid dienone is 1. The predicted molar refractivity (Wildman–Crippen MR) is 79.2 cm³/mol. The van der Waals surface area contributed by atoms with Gasteiger partial charge in [0.2, 0.25) is 0 Å². The lowest BCUT2D eigenvalue weighted by Gasteiger charge is -2.19. The van der Waals surface area contributed by atoms with E-state index in [2.05, 4.69) is 0 Å². The van der Waals surface area contributed by atoms with Gasteiger partial charge in [-0.05, 0) is 18.9 Å². The maximum Gasteiger partial charge on any atom is 0.330 e. The Balaban J connectivity index is 3.81. The first kappa shape index (κ1) is 20.2. The average Bonchev–Trinajstić information content (AvgIpc) is 2.47. The molecule has 2 N–H and O–H groups in total. The van der Waals surface area contributed by atoms with Gasteiger partial charge in [-0.25, -0.2) is 4.79 Å². The zero-order chi connectivity index (χ0) is 15.9. The van der Waals surface area contributed by atoms with Gasteiger partial charge >= 0.3 is 5.97 Å². The van der Waals surface area contributed by atoms with Crippen LogP contribution in [0, 0.1) is 5.92 Å². The zero-order valence-corrected chi connectivity index (χ0v) is 14.1. The van der Waals surface area contributed by atoms with Crippen molar-refractivity contribution in [2.24, 2.45) is 5.92 Å². The Morgan fingerprint density at radius 1 is 1.24 bits per heavy atom. The Labute approximate surface area is 127 Å². The molecular weight excluding hydrogens is 296 g/mol. The number of hydrogen-bond acceptors (Lipinski definition) is 7. The minimum Gasteiger partial charge on any atom is -0.462 e. The van der Waals surface area contributed by atoms with E-state index >= 15 is 0 Å². The van der Waals surface area contributed by atoms with E-state index in [1.165, 1.54) is 6.08 Å². The molecule has 0 radical (unpaired) electrons. The monoisotopic (exact) mass is 322 g/mol. The lowest BCUT2D eigenvalue weighted by Crippen LogP contribution is -2.26. The molecule has 0 fully saturated rings. The standard InChI is InChI=1S/C13H26O7Si/c1-3-4-12(16)19-9-11(2)10-21-20-13(17-7-5-14)18-8-6-15/h3-4,11,13-15H,5-10,21H2,1-2H3. The largest absolute Gasteiger partial charge is 0.462 e. The van der Waals surface area contributed by atoms with Crippen LogP contribution in [0.25, 0.3) is 0 Å². The summed E-state index contributed by atoms with van der Waals surface area (Å²) in [7, 11) is -0.918. The van der Waals surface area contributed by atoms with Gasteiger partial charge in [-0.2, -0.15) is 0 Å². The van der Waals surface area contributed by atoms with E-state index in [1.807, 2.05) is 6.92 Å². The first-order valence-electron chi connectivity index (χ1n) is 7.00. The summed E-state index contributed by atoms with van der Waals surface area (Å²) in [6, 6.07) is 0.796. The fraction of sp³-hybridized carbons (Fsp3) is 0.769. The average molecular weight is 322 g/mol. The summed E-state index contributed by atoms with van der Waals surface area (Å²) in [6.07, 6.45) is 3.01. The Hall–Kier alpha value is -0.773. The molecule has 21 heavy (non-hydrogen) atoms. The van der Waals surface area contributed by atoms with Crippen LogP contribution < -0.4 is 0 Å². The molecule has 124 valence electrons. The van der Waals surface area contributed by atoms with Gasteiger partial charge in [0.05, 0.1) is 33.0 Å². The van der Waals surface area contributed by atoms with Crippen molar-refractivity contribution in [1.82, 2.24) is 0 Å². The van der Waals surface area contributed by atoms with Gasteiger partial charge in [0.15, 0.2) is 9.76 Å². The number of ether oxygens (including phenoxy) is 3. The van der Waals surface area contributed by atoms with Crippen LogP contribution in [-0.4, -0.2) is 65.5 Å². The molecule has 0 aromatic carbocycles. The molecule has 0 saturated carbocycles. The maximum atomic E-state index is 11.1. The molecule has 0 heterocycles. The van der Waals surface area contributed by atoms with Gasteiger partial charge in [0.25, 0.3) is 6.48 Å². The summed E-state index contributed by atoms with van der Waals surface area (Å²) in [5.74, 6) is -0.149. The molecule has 0 bridgehead atoms. The summed E-state index contributed by atoms with van der Waals surface area (Å²) in [4.78, 5) is 11.1. The Bertz CT molecular complexity index is 278. The third kappa shape index (κ3) is 12.7. The van der Waals surface area contributed by atoms with Crippen molar-refractivity contribution in [3.8, 4) is 0 Å². The van der Waals surface area contributed by atoms with E-state index in [0.29, 0.717) is 6.61 Å². The Morgan fingerprint density at radius 3 is 2.38 bits per heavy atom. The zero-order valence-electron chi connectivity index (χ0n) is 12.7. The van der Waals surface area contributed by atoms with Crippen LogP contribution in [0.1, 0.15) is 13.8 Å². The number of carbonyl (C=O) groups is 1. The number of esters is 1. The first-order valence-corrected chi connectivity index (χ1v) is 8.57. The second-order valence-corrected chi connectivity index (χ2v) is 5.69. The summed E-state index contributed by atoms with van der Waals surface area (Å²) in [5, 5.41) is 17.4. The van der Waals surface area contributed by atoms with Crippen molar-refractivity contribution in [1.29, 1.82) is 0 Å². The first-order chi connectivity index (χ1) is 10.1. The molecular formula is C13H26O7Si. The van der Waals surface area contributed by atoms with Crippen molar-refractivity contribution < 1.29 is 33.6 Å². The molecule has 0 aliphatic heterocycles. The molecule has 0 aliphatic rings. The molecule has 0 spiro atoms. The Kier molecular flexibility index (Phi) is 13.7. The fourth-order valence-corrected chi connectivity index (χ4v) is 2.39. The van der Waals surface area contributed by atoms with E-state index in [0.717, 1.165) is 6.04 Å². The highest BCUT2D eigenvalue weighted by Crippen LogP contribution is 2.06. The lowest BCUT2D eigenvalue weighted by molar-refractivity contribution is -0.252. The molecule has 8 heteroatoms. The van der Waals surface area contributed by atoms with Crippen LogP contribution in [0.5, 0.6) is 0 Å². The van der Waals surface area contributed by atoms with Gasteiger partial charge in [-0.3, -0.25) is 0 Å². The van der Waals surface area contributed by atoms with Crippen molar-refractivity contribution in [3.63, 3.8) is 0 Å². The number of rotatable bonds is 13. The quantitative estimate of drug-likeness (QED) is 0.205. The summed E-state index contributed by atoms with van der Waals surface area (Å²) >= 11 is 0. The van der Waals surface area contributed by atoms with Crippen molar-refractivity contribution in [2.45, 2.75) is 26.4 Å². The molecule has 1 atom stereocenters. The van der Waals surface area contributed by atoms with Crippen molar-refractivity contribution in [2.75, 3.05) is 33.0 Å². The van der Waals surface area contributed by atoms with Gasteiger partial charge in [-0.1, -0.05) is 13.0 Å². The predicted octanol–water partition coefficient (Wildman–Crippen LogP) is -0.438. The molecule has 0 aliphatic carbocycles. The molecule has 0 amide bonds. The maximum absolute atomic E-state index is 11.1. The summed E-state index contributed by atoms with van der Waals surface area (Å²) < 4.78 is 20.8. The van der Waals surface area contributed by atoms with Gasteiger partial charge in [-0.15, -0.1) is 0 Å². The van der Waals surface area contributed by atoms with Crippen LogP contribution in [0.3, 0.4) is 0 Å². The number of aliphatic hydroxyl groups excluding tert-OH is 2. The normalized spacial score (nSPS) is 13.6. The minimum atomic E-state index is -0.918. The van der Waals surface area contributed by atoms with Gasteiger partial charge < -0.3 is 28.8 Å². The Morgan fingerprint density at radius 2 is 1.86 bits per heavy atom. The van der Waals surface area contributed by atoms with Gasteiger partial charge in [0, 0.05) is 6.08 Å². The van der Waals surface area contributed by atoms with Crippen LogP contribution in [0.2, 0.25) is 6.04 Å². The third-order valence-corrected chi connectivity index (χ3v) is 4.10. The summed E-state index contributed by atoms with van der Waals surface area (Å²) in [6.45, 7) is 3.19.